The Morgan fingerprint density at radius 1 is 1.50 bits per heavy atom. The molecule has 16 heavy (non-hydrogen) atoms. The van der Waals surface area contributed by atoms with E-state index in [0.717, 1.165) is 15.4 Å². The van der Waals surface area contributed by atoms with Crippen molar-refractivity contribution in [2.45, 2.75) is 0 Å². The number of aromatic carboxylic acids is 1. The van der Waals surface area contributed by atoms with Crippen LogP contribution in [0, 0.1) is 0 Å². The van der Waals surface area contributed by atoms with Crippen molar-refractivity contribution in [1.82, 2.24) is 4.57 Å². The molecular weight excluding hydrogens is 274 g/mol. The lowest BCUT2D eigenvalue weighted by Crippen LogP contribution is -2.03. The van der Waals surface area contributed by atoms with Gasteiger partial charge in [0, 0.05) is 12.4 Å². The molecule has 0 saturated heterocycles. The summed E-state index contributed by atoms with van der Waals surface area (Å²) in [5.74, 6) is -0.294. The monoisotopic (exact) mass is 283 g/mol. The summed E-state index contributed by atoms with van der Waals surface area (Å²) in [6, 6.07) is 5.31. The number of hydrogen-bond acceptors (Lipinski definition) is 2. The van der Waals surface area contributed by atoms with Gasteiger partial charge in [-0.05, 0) is 34.1 Å². The molecule has 0 fully saturated rings. The molecule has 1 N–H and O–H groups in total. The van der Waals surface area contributed by atoms with Crippen molar-refractivity contribution in [1.29, 1.82) is 0 Å². The molecule has 0 aliphatic carbocycles. The van der Waals surface area contributed by atoms with E-state index in [1.807, 2.05) is 12.1 Å². The SMILES string of the molecule is COc1c(Br)ccc2c1cc(C(=O)O)n2C. The normalized spacial score (nSPS) is 10.7. The van der Waals surface area contributed by atoms with Gasteiger partial charge in [0.15, 0.2) is 0 Å². The van der Waals surface area contributed by atoms with Crippen molar-refractivity contribution in [3.05, 3.63) is 28.4 Å². The Labute approximate surface area is 101 Å². The maximum atomic E-state index is 11.0. The van der Waals surface area contributed by atoms with Crippen LogP contribution >= 0.6 is 15.9 Å². The van der Waals surface area contributed by atoms with Gasteiger partial charge in [-0.25, -0.2) is 4.79 Å². The molecule has 5 heteroatoms. The third kappa shape index (κ3) is 1.48. The Balaban J connectivity index is 2.85. The lowest BCUT2D eigenvalue weighted by Gasteiger charge is -2.05. The molecule has 0 amide bonds. The second kappa shape index (κ2) is 3.83. The molecule has 0 spiro atoms. The number of rotatable bonds is 2. The number of methoxy groups -OCH3 is 1. The summed E-state index contributed by atoms with van der Waals surface area (Å²) in [4.78, 5) is 11.0. The van der Waals surface area contributed by atoms with Crippen LogP contribution in [0.25, 0.3) is 10.9 Å². The number of hydrogen-bond donors (Lipinski definition) is 1. The lowest BCUT2D eigenvalue weighted by molar-refractivity contribution is 0.0687. The van der Waals surface area contributed by atoms with Crippen molar-refractivity contribution in [2.75, 3.05) is 7.11 Å². The lowest BCUT2D eigenvalue weighted by atomic mass is 10.2. The highest BCUT2D eigenvalue weighted by molar-refractivity contribution is 9.10. The molecule has 84 valence electrons. The van der Waals surface area contributed by atoms with Crippen LogP contribution in [-0.2, 0) is 7.05 Å². The van der Waals surface area contributed by atoms with Crippen molar-refractivity contribution in [3.63, 3.8) is 0 Å². The first-order valence-electron chi connectivity index (χ1n) is 4.61. The fourth-order valence-electron chi connectivity index (χ4n) is 1.77. The first-order valence-corrected chi connectivity index (χ1v) is 5.40. The van der Waals surface area contributed by atoms with Crippen LogP contribution in [0.2, 0.25) is 0 Å². The summed E-state index contributed by atoms with van der Waals surface area (Å²) >= 11 is 3.37. The second-order valence-electron chi connectivity index (χ2n) is 3.41. The van der Waals surface area contributed by atoms with Gasteiger partial charge in [0.05, 0.1) is 17.1 Å². The smallest absolute Gasteiger partial charge is 0.352 e. The molecule has 1 aromatic heterocycles. The van der Waals surface area contributed by atoms with Gasteiger partial charge in [-0.2, -0.15) is 0 Å². The standard InChI is InChI=1S/C11H10BrNO3/c1-13-8-4-3-7(12)10(16-2)6(8)5-9(13)11(14)15/h3-5H,1-2H3,(H,14,15). The maximum absolute atomic E-state index is 11.0. The van der Waals surface area contributed by atoms with Crippen molar-refractivity contribution in [2.24, 2.45) is 7.05 Å². The van der Waals surface area contributed by atoms with Gasteiger partial charge in [0.1, 0.15) is 11.4 Å². The Kier molecular flexibility index (Phi) is 2.63. The van der Waals surface area contributed by atoms with E-state index in [9.17, 15) is 4.79 Å². The molecule has 0 bridgehead atoms. The van der Waals surface area contributed by atoms with Gasteiger partial charge >= 0.3 is 5.97 Å². The van der Waals surface area contributed by atoms with Crippen molar-refractivity contribution in [3.8, 4) is 5.75 Å². The highest BCUT2D eigenvalue weighted by Gasteiger charge is 2.16. The minimum atomic E-state index is -0.947. The van der Waals surface area contributed by atoms with E-state index in [2.05, 4.69) is 15.9 Å². The van der Waals surface area contributed by atoms with Gasteiger partial charge in [0.2, 0.25) is 0 Å². The summed E-state index contributed by atoms with van der Waals surface area (Å²) in [6.45, 7) is 0. The first kappa shape index (κ1) is 11.0. The summed E-state index contributed by atoms with van der Waals surface area (Å²) in [7, 11) is 3.28. The fourth-order valence-corrected chi connectivity index (χ4v) is 2.28. The Bertz CT molecular complexity index is 574. The van der Waals surface area contributed by atoms with E-state index >= 15 is 0 Å². The van der Waals surface area contributed by atoms with E-state index in [4.69, 9.17) is 9.84 Å². The molecule has 2 aromatic rings. The van der Waals surface area contributed by atoms with E-state index in [0.29, 0.717) is 5.75 Å². The minimum absolute atomic E-state index is 0.242. The molecule has 1 heterocycles. The number of carbonyl (C=O) groups is 1. The highest BCUT2D eigenvalue weighted by atomic mass is 79.9. The molecular formula is C11H10BrNO3. The number of aromatic nitrogens is 1. The zero-order chi connectivity index (χ0) is 11.9. The average Bonchev–Trinajstić information content (AvgIpc) is 2.56. The van der Waals surface area contributed by atoms with Crippen molar-refractivity contribution < 1.29 is 14.6 Å². The quantitative estimate of drug-likeness (QED) is 0.922. The van der Waals surface area contributed by atoms with Crippen LogP contribution in [-0.4, -0.2) is 22.8 Å². The van der Waals surface area contributed by atoms with Gasteiger partial charge in [-0.1, -0.05) is 0 Å². The van der Waals surface area contributed by atoms with Crippen LogP contribution in [0.3, 0.4) is 0 Å². The predicted octanol–water partition coefficient (Wildman–Crippen LogP) is 2.65. The summed E-state index contributed by atoms with van der Waals surface area (Å²) < 4.78 is 7.69. The van der Waals surface area contributed by atoms with Gasteiger partial charge in [-0.3, -0.25) is 0 Å². The number of halogens is 1. The molecule has 0 saturated carbocycles. The molecule has 2 rings (SSSR count). The van der Waals surface area contributed by atoms with Crippen LogP contribution < -0.4 is 4.74 Å². The number of fused-ring (bicyclic) bond motifs is 1. The van der Waals surface area contributed by atoms with Gasteiger partial charge in [0.25, 0.3) is 0 Å². The number of carboxylic acids is 1. The summed E-state index contributed by atoms with van der Waals surface area (Å²) in [5.41, 5.74) is 1.07. The second-order valence-corrected chi connectivity index (χ2v) is 4.26. The number of aryl methyl sites for hydroxylation is 1. The highest BCUT2D eigenvalue weighted by Crippen LogP contribution is 2.34. The fraction of sp³-hybridized carbons (Fsp3) is 0.182. The predicted molar refractivity (Wildman–Crippen MR) is 64.1 cm³/mol. The molecule has 0 aliphatic rings. The molecule has 1 aromatic carbocycles. The third-order valence-corrected chi connectivity index (χ3v) is 3.18. The van der Waals surface area contributed by atoms with Gasteiger partial charge in [-0.15, -0.1) is 0 Å². The number of nitrogens with zero attached hydrogens (tertiary/aromatic N) is 1. The molecule has 0 radical (unpaired) electrons. The molecule has 0 aliphatic heterocycles. The van der Waals surface area contributed by atoms with Crippen molar-refractivity contribution >= 4 is 32.8 Å². The van der Waals surface area contributed by atoms with Crippen LogP contribution in [0.15, 0.2) is 22.7 Å². The Morgan fingerprint density at radius 2 is 2.19 bits per heavy atom. The van der Waals surface area contributed by atoms with Gasteiger partial charge < -0.3 is 14.4 Å². The molecule has 0 atom stereocenters. The van der Waals surface area contributed by atoms with E-state index < -0.39 is 5.97 Å². The van der Waals surface area contributed by atoms with E-state index in [1.165, 1.54) is 0 Å². The third-order valence-electron chi connectivity index (χ3n) is 2.55. The summed E-state index contributed by atoms with van der Waals surface area (Å²) in [5, 5.41) is 9.81. The topological polar surface area (TPSA) is 51.5 Å². The minimum Gasteiger partial charge on any atom is -0.495 e. The van der Waals surface area contributed by atoms with Crippen LogP contribution in [0.1, 0.15) is 10.5 Å². The van der Waals surface area contributed by atoms with Crippen LogP contribution in [0.5, 0.6) is 5.75 Å². The van der Waals surface area contributed by atoms with E-state index in [1.54, 1.807) is 24.8 Å². The van der Waals surface area contributed by atoms with E-state index in [-0.39, 0.29) is 5.69 Å². The summed E-state index contributed by atoms with van der Waals surface area (Å²) in [6.07, 6.45) is 0. The van der Waals surface area contributed by atoms with Crippen LogP contribution in [0.4, 0.5) is 0 Å². The number of ether oxygens (including phenoxy) is 1. The Morgan fingerprint density at radius 3 is 2.75 bits per heavy atom. The maximum Gasteiger partial charge on any atom is 0.352 e. The molecule has 0 unspecified atom stereocenters. The first-order chi connectivity index (χ1) is 7.56. The zero-order valence-corrected chi connectivity index (χ0v) is 10.4. The molecule has 4 nitrogen and oxygen atoms in total. The average molecular weight is 284 g/mol. The Hall–Kier alpha value is -1.49. The zero-order valence-electron chi connectivity index (χ0n) is 8.82. The number of carboxylic acid groups (broad SMARTS) is 1. The number of benzene rings is 1. The largest absolute Gasteiger partial charge is 0.495 e.